The number of hydrogen-bond donors (Lipinski definition) is 0. The van der Waals surface area contributed by atoms with E-state index in [-0.39, 0.29) is 6.10 Å². The number of epoxide rings is 1. The zero-order valence-corrected chi connectivity index (χ0v) is 12.2. The Bertz CT molecular complexity index is 330. The minimum Gasteiger partial charge on any atom is -0.489 e. The molecule has 1 aromatic rings. The van der Waals surface area contributed by atoms with E-state index in [9.17, 15) is 0 Å². The van der Waals surface area contributed by atoms with Gasteiger partial charge in [0.15, 0.2) is 0 Å². The third-order valence-electron chi connectivity index (χ3n) is 1.78. The first-order valence-corrected chi connectivity index (χ1v) is 6.59. The minimum atomic E-state index is 0.289. The second kappa shape index (κ2) is 4.71. The summed E-state index contributed by atoms with van der Waals surface area (Å²) in [6.07, 6.45) is 0.289. The maximum absolute atomic E-state index is 5.91. The number of halogens is 3. The highest BCUT2D eigenvalue weighted by Gasteiger charge is 2.24. The smallest absolute Gasteiger partial charge is 0.146 e. The first-order chi connectivity index (χ1) is 6.66. The quantitative estimate of drug-likeness (QED) is 0.536. The molecular formula is C9H7ClI2O2. The average Bonchev–Trinajstić information content (AvgIpc) is 2.85. The summed E-state index contributed by atoms with van der Waals surface area (Å²) in [5, 5.41) is 0.744. The Hall–Kier alpha value is 0.730. The van der Waals surface area contributed by atoms with E-state index in [1.165, 1.54) is 0 Å². The van der Waals surface area contributed by atoms with Crippen molar-refractivity contribution in [2.45, 2.75) is 6.10 Å². The summed E-state index contributed by atoms with van der Waals surface area (Å²) in [5.74, 6) is 0.908. The van der Waals surface area contributed by atoms with Crippen LogP contribution in [0.1, 0.15) is 0 Å². The molecule has 0 saturated carbocycles. The highest BCUT2D eigenvalue weighted by atomic mass is 127. The number of benzene rings is 1. The van der Waals surface area contributed by atoms with Crippen molar-refractivity contribution in [2.24, 2.45) is 0 Å². The Morgan fingerprint density at radius 3 is 2.50 bits per heavy atom. The lowest BCUT2D eigenvalue weighted by atomic mass is 10.3. The van der Waals surface area contributed by atoms with Crippen LogP contribution in [0.2, 0.25) is 5.02 Å². The molecule has 0 amide bonds. The van der Waals surface area contributed by atoms with Crippen LogP contribution in [-0.4, -0.2) is 19.3 Å². The molecule has 0 unspecified atom stereocenters. The summed E-state index contributed by atoms with van der Waals surface area (Å²) < 4.78 is 12.8. The molecule has 1 heterocycles. The average molecular weight is 436 g/mol. The molecule has 0 aliphatic carbocycles. The summed E-state index contributed by atoms with van der Waals surface area (Å²) in [6, 6.07) is 3.79. The lowest BCUT2D eigenvalue weighted by Gasteiger charge is -2.09. The zero-order chi connectivity index (χ0) is 10.1. The molecule has 1 aliphatic heterocycles. The van der Waals surface area contributed by atoms with Crippen molar-refractivity contribution < 1.29 is 9.47 Å². The van der Waals surface area contributed by atoms with Gasteiger partial charge in [-0.05, 0) is 57.3 Å². The molecule has 0 bridgehead atoms. The lowest BCUT2D eigenvalue weighted by molar-refractivity contribution is 0.260. The lowest BCUT2D eigenvalue weighted by Crippen LogP contribution is -2.06. The molecule has 1 atom stereocenters. The second-order valence-corrected chi connectivity index (χ2v) is 5.73. The molecule has 0 radical (unpaired) electrons. The Morgan fingerprint density at radius 2 is 2.00 bits per heavy atom. The van der Waals surface area contributed by atoms with E-state index in [1.807, 2.05) is 12.1 Å². The highest BCUT2D eigenvalue weighted by molar-refractivity contribution is 14.1. The summed E-state index contributed by atoms with van der Waals surface area (Å²) >= 11 is 10.4. The predicted octanol–water partition coefficient (Wildman–Crippen LogP) is 3.33. The van der Waals surface area contributed by atoms with Crippen molar-refractivity contribution in [3.63, 3.8) is 0 Å². The maximum Gasteiger partial charge on any atom is 0.146 e. The molecular weight excluding hydrogens is 429 g/mol. The van der Waals surface area contributed by atoms with Gasteiger partial charge in [-0.2, -0.15) is 0 Å². The predicted molar refractivity (Wildman–Crippen MR) is 72.1 cm³/mol. The van der Waals surface area contributed by atoms with E-state index in [0.717, 1.165) is 24.5 Å². The van der Waals surface area contributed by atoms with Crippen molar-refractivity contribution in [1.82, 2.24) is 0 Å². The molecule has 2 rings (SSSR count). The molecule has 1 aromatic carbocycles. The highest BCUT2D eigenvalue weighted by Crippen LogP contribution is 2.31. The van der Waals surface area contributed by atoms with E-state index < -0.39 is 0 Å². The van der Waals surface area contributed by atoms with Gasteiger partial charge in [-0.15, -0.1) is 0 Å². The van der Waals surface area contributed by atoms with Crippen molar-refractivity contribution >= 4 is 56.8 Å². The third kappa shape index (κ3) is 2.86. The molecule has 0 N–H and O–H groups in total. The van der Waals surface area contributed by atoms with Gasteiger partial charge in [-0.25, -0.2) is 0 Å². The van der Waals surface area contributed by atoms with Crippen LogP contribution in [0.3, 0.4) is 0 Å². The van der Waals surface area contributed by atoms with Crippen LogP contribution in [0, 0.1) is 7.14 Å². The molecule has 1 fully saturated rings. The SMILES string of the molecule is Clc1cc(I)c(OC[C@H]2CO2)c(I)c1. The summed E-state index contributed by atoms with van der Waals surface area (Å²) in [5.41, 5.74) is 0. The van der Waals surface area contributed by atoms with Gasteiger partial charge in [-0.1, -0.05) is 11.6 Å². The van der Waals surface area contributed by atoms with E-state index in [1.54, 1.807) is 0 Å². The standard InChI is InChI=1S/C9H7ClI2O2/c10-5-1-7(11)9(8(12)2-5)14-4-6-3-13-6/h1-2,6H,3-4H2/t6-/m1/s1. The molecule has 14 heavy (non-hydrogen) atoms. The largest absolute Gasteiger partial charge is 0.489 e. The van der Waals surface area contributed by atoms with Crippen molar-refractivity contribution in [2.75, 3.05) is 13.2 Å². The van der Waals surface area contributed by atoms with Crippen LogP contribution >= 0.6 is 56.8 Å². The molecule has 0 spiro atoms. The fraction of sp³-hybridized carbons (Fsp3) is 0.333. The zero-order valence-electron chi connectivity index (χ0n) is 7.10. The van der Waals surface area contributed by atoms with Crippen molar-refractivity contribution in [3.8, 4) is 5.75 Å². The Morgan fingerprint density at radius 1 is 1.43 bits per heavy atom. The van der Waals surface area contributed by atoms with Gasteiger partial charge in [-0.3, -0.25) is 0 Å². The molecule has 1 aliphatic rings. The molecule has 5 heteroatoms. The fourth-order valence-corrected chi connectivity index (χ4v) is 3.67. The normalized spacial score (nSPS) is 19.5. The minimum absolute atomic E-state index is 0.289. The van der Waals surface area contributed by atoms with Gasteiger partial charge in [0.1, 0.15) is 18.5 Å². The van der Waals surface area contributed by atoms with Crippen LogP contribution in [-0.2, 0) is 4.74 Å². The Balaban J connectivity index is 2.13. The van der Waals surface area contributed by atoms with Gasteiger partial charge in [0.05, 0.1) is 13.7 Å². The Labute approximate surface area is 115 Å². The van der Waals surface area contributed by atoms with Crippen molar-refractivity contribution in [3.05, 3.63) is 24.3 Å². The number of ether oxygens (including phenoxy) is 2. The van der Waals surface area contributed by atoms with E-state index >= 15 is 0 Å². The van der Waals surface area contributed by atoms with Crippen LogP contribution in [0.25, 0.3) is 0 Å². The van der Waals surface area contributed by atoms with E-state index in [2.05, 4.69) is 45.2 Å². The van der Waals surface area contributed by atoms with Crippen LogP contribution in [0.5, 0.6) is 5.75 Å². The number of hydrogen-bond acceptors (Lipinski definition) is 2. The first kappa shape index (κ1) is 11.2. The van der Waals surface area contributed by atoms with Crippen LogP contribution in [0.4, 0.5) is 0 Å². The number of rotatable bonds is 3. The van der Waals surface area contributed by atoms with Crippen LogP contribution < -0.4 is 4.74 Å². The van der Waals surface area contributed by atoms with Gasteiger partial charge < -0.3 is 9.47 Å². The van der Waals surface area contributed by atoms with Gasteiger partial charge in [0.2, 0.25) is 0 Å². The summed E-state index contributed by atoms with van der Waals surface area (Å²) in [7, 11) is 0. The van der Waals surface area contributed by atoms with Gasteiger partial charge >= 0.3 is 0 Å². The molecule has 0 aromatic heterocycles. The van der Waals surface area contributed by atoms with Gasteiger partial charge in [0.25, 0.3) is 0 Å². The summed E-state index contributed by atoms with van der Waals surface area (Å²) in [4.78, 5) is 0. The van der Waals surface area contributed by atoms with Crippen LogP contribution in [0.15, 0.2) is 12.1 Å². The fourth-order valence-electron chi connectivity index (χ4n) is 1.01. The maximum atomic E-state index is 5.91. The van der Waals surface area contributed by atoms with Crippen molar-refractivity contribution in [1.29, 1.82) is 0 Å². The topological polar surface area (TPSA) is 21.8 Å². The van der Waals surface area contributed by atoms with Gasteiger partial charge in [0, 0.05) is 5.02 Å². The molecule has 2 nitrogen and oxygen atoms in total. The molecule has 76 valence electrons. The summed E-state index contributed by atoms with van der Waals surface area (Å²) in [6.45, 7) is 1.45. The second-order valence-electron chi connectivity index (χ2n) is 2.96. The Kier molecular flexibility index (Phi) is 3.78. The monoisotopic (exact) mass is 436 g/mol. The van der Waals surface area contributed by atoms with E-state index in [0.29, 0.717) is 6.61 Å². The van der Waals surface area contributed by atoms with E-state index in [4.69, 9.17) is 21.1 Å². The first-order valence-electron chi connectivity index (χ1n) is 4.06. The third-order valence-corrected chi connectivity index (χ3v) is 3.60. The molecule has 1 saturated heterocycles.